The number of nitrogens with zero attached hydrogens (tertiary/aromatic N) is 1. The maximum Gasteiger partial charge on any atom is -0.0813 e. The van der Waals surface area contributed by atoms with Crippen LogP contribution in [0.15, 0.2) is 24.4 Å². The summed E-state index contributed by atoms with van der Waals surface area (Å²) in [6, 6.07) is 5.50. The first-order valence-electron chi connectivity index (χ1n) is 2.06. The summed E-state index contributed by atoms with van der Waals surface area (Å²) >= 11 is 0.125. The van der Waals surface area contributed by atoms with Crippen LogP contribution in [0, 0.1) is 6.20 Å². The van der Waals surface area contributed by atoms with Gasteiger partial charge in [-0.1, -0.05) is 12.4 Å². The van der Waals surface area contributed by atoms with Crippen LogP contribution in [-0.4, -0.2) is 4.98 Å². The zero-order valence-electron chi connectivity index (χ0n) is 4.82. The number of hydrogen-bond donors (Lipinski definition) is 0. The van der Waals surface area contributed by atoms with Gasteiger partial charge in [-0.2, -0.15) is 18.2 Å². The van der Waals surface area contributed by atoms with Gasteiger partial charge in [0, 0.05) is 0 Å². The Bertz CT molecular complexity index is 99.8. The first-order valence-corrected chi connectivity index (χ1v) is 3.27. The van der Waals surface area contributed by atoms with Gasteiger partial charge in [0.2, 0.25) is 0 Å². The molecule has 0 aliphatic carbocycles. The van der Waals surface area contributed by atoms with Gasteiger partial charge in [-0.05, 0) is 0 Å². The third-order valence-corrected chi connectivity index (χ3v) is 0.517. The molecule has 0 saturated heterocycles. The normalized spacial score (nSPS) is 6.00. The first kappa shape index (κ1) is 11.7. The third-order valence-electron chi connectivity index (χ3n) is 0.517. The van der Waals surface area contributed by atoms with Crippen LogP contribution in [0.2, 0.25) is 0 Å². The molecule has 4 heteroatoms. The number of aromatic nitrogens is 1. The van der Waals surface area contributed by atoms with E-state index in [1.807, 2.05) is 12.1 Å². The number of rotatable bonds is 0. The molecule has 0 bridgehead atoms. The van der Waals surface area contributed by atoms with E-state index >= 15 is 0 Å². The molecule has 0 amide bonds. The van der Waals surface area contributed by atoms with E-state index in [1.165, 1.54) is 0 Å². The van der Waals surface area contributed by atoms with E-state index in [1.54, 1.807) is 12.3 Å². The molecule has 9 heavy (non-hydrogen) atoms. The van der Waals surface area contributed by atoms with Gasteiger partial charge in [0.1, 0.15) is 0 Å². The Morgan fingerprint density at radius 3 is 2.11 bits per heavy atom. The molecule has 0 N–H and O–H groups in total. The molecule has 0 atom stereocenters. The van der Waals surface area contributed by atoms with Gasteiger partial charge in [-0.3, -0.25) is 0 Å². The predicted molar refractivity (Wildman–Crippen MR) is 32.5 cm³/mol. The van der Waals surface area contributed by atoms with Crippen molar-refractivity contribution in [3.63, 3.8) is 0 Å². The minimum atomic E-state index is 0. The van der Waals surface area contributed by atoms with Gasteiger partial charge in [0.25, 0.3) is 0 Å². The van der Waals surface area contributed by atoms with Crippen LogP contribution in [0.4, 0.5) is 0 Å². The Balaban J connectivity index is 0. The van der Waals surface area contributed by atoms with Gasteiger partial charge in [-0.15, -0.1) is 0 Å². The summed E-state index contributed by atoms with van der Waals surface area (Å²) in [5, 5.41) is 0. The van der Waals surface area contributed by atoms with E-state index in [0.717, 1.165) is 0 Å². The first-order chi connectivity index (χ1) is 4.00. The SMILES string of the molecule is [O]=[Zn].[SH-].[c-]1ccccn1. The van der Waals surface area contributed by atoms with E-state index < -0.39 is 0 Å². The topological polar surface area (TPSA) is 30.0 Å². The van der Waals surface area contributed by atoms with Gasteiger partial charge < -0.3 is 18.5 Å². The number of pyridine rings is 1. The van der Waals surface area contributed by atoms with Crippen molar-refractivity contribution in [2.24, 2.45) is 0 Å². The van der Waals surface area contributed by atoms with Crippen LogP contribution in [0.3, 0.4) is 0 Å². The van der Waals surface area contributed by atoms with Crippen molar-refractivity contribution in [1.29, 1.82) is 0 Å². The zero-order valence-corrected chi connectivity index (χ0v) is 8.68. The summed E-state index contributed by atoms with van der Waals surface area (Å²) in [7, 11) is 0. The molecule has 1 rings (SSSR count). The Morgan fingerprint density at radius 2 is 2.00 bits per heavy atom. The van der Waals surface area contributed by atoms with Crippen LogP contribution in [-0.2, 0) is 35.3 Å². The largest absolute Gasteiger partial charge is 0.813 e. The molecule has 46 valence electrons. The fourth-order valence-corrected chi connectivity index (χ4v) is 0.277. The van der Waals surface area contributed by atoms with Crippen molar-refractivity contribution in [2.45, 2.75) is 0 Å². The molecule has 0 radical (unpaired) electrons. The van der Waals surface area contributed by atoms with E-state index in [2.05, 4.69) is 11.2 Å². The summed E-state index contributed by atoms with van der Waals surface area (Å²) in [5.41, 5.74) is 0. The predicted octanol–water partition coefficient (Wildman–Crippen LogP) is 0.490. The minimum absolute atomic E-state index is 0. The Morgan fingerprint density at radius 1 is 1.33 bits per heavy atom. The van der Waals surface area contributed by atoms with Crippen LogP contribution in [0.5, 0.6) is 0 Å². The summed E-state index contributed by atoms with van der Waals surface area (Å²) in [6.45, 7) is 0. The fourth-order valence-electron chi connectivity index (χ4n) is 0.277. The van der Waals surface area contributed by atoms with Crippen LogP contribution in [0.1, 0.15) is 0 Å². The average Bonchev–Trinajstić information content (AvgIpc) is 1.96. The molecule has 0 fully saturated rings. The third kappa shape index (κ3) is 7.92. The molecular weight excluding hydrogens is 188 g/mol. The molecule has 1 aromatic heterocycles. The van der Waals surface area contributed by atoms with Crippen molar-refractivity contribution < 1.29 is 21.8 Å². The molecule has 2 nitrogen and oxygen atoms in total. The molecule has 0 aliphatic heterocycles. The van der Waals surface area contributed by atoms with Crippen molar-refractivity contribution in [3.8, 4) is 0 Å². The quantitative estimate of drug-likeness (QED) is 0.259. The van der Waals surface area contributed by atoms with Crippen LogP contribution >= 0.6 is 0 Å². The van der Waals surface area contributed by atoms with Crippen LogP contribution < -0.4 is 0 Å². The van der Waals surface area contributed by atoms with Crippen molar-refractivity contribution in [1.82, 2.24) is 4.98 Å². The number of hydrogen-bond acceptors (Lipinski definition) is 3. The second-order valence-corrected chi connectivity index (χ2v) is 0.959. The van der Waals surface area contributed by atoms with Crippen LogP contribution in [0.25, 0.3) is 0 Å². The van der Waals surface area contributed by atoms with E-state index in [-0.39, 0.29) is 31.7 Å². The summed E-state index contributed by atoms with van der Waals surface area (Å²) in [6.07, 6.45) is 4.34. The summed E-state index contributed by atoms with van der Waals surface area (Å²) in [4.78, 5) is 3.66. The Kier molecular flexibility index (Phi) is 14.1. The monoisotopic (exact) mass is 191 g/mol. The maximum absolute atomic E-state index is 8.38. The summed E-state index contributed by atoms with van der Waals surface area (Å²) in [5.74, 6) is 0. The zero-order chi connectivity index (χ0) is 6.24. The maximum atomic E-state index is 8.38. The average molecular weight is 193 g/mol. The summed E-state index contributed by atoms with van der Waals surface area (Å²) < 4.78 is 8.38. The van der Waals surface area contributed by atoms with E-state index in [4.69, 9.17) is 3.57 Å². The molecule has 0 aliphatic rings. The molecule has 1 aromatic rings. The smallest absolute Gasteiger partial charge is 0.0813 e. The minimum Gasteiger partial charge on any atom is -0.813 e. The molecule has 0 saturated carbocycles. The molecule has 0 aromatic carbocycles. The molecule has 0 unspecified atom stereocenters. The molecule has 0 spiro atoms. The van der Waals surface area contributed by atoms with Crippen molar-refractivity contribution in [3.05, 3.63) is 30.6 Å². The standard InChI is InChI=1S/C5H4N.O.H2S.Zn/c1-2-4-6-5-3-1;;;/h1-4H;;1H2;/q-1;;;/p-1. The van der Waals surface area contributed by atoms with Crippen molar-refractivity contribution >= 4 is 13.5 Å². The van der Waals surface area contributed by atoms with E-state index in [9.17, 15) is 0 Å². The van der Waals surface area contributed by atoms with Gasteiger partial charge in [0.15, 0.2) is 0 Å². The van der Waals surface area contributed by atoms with Gasteiger partial charge in [0.05, 0.1) is 0 Å². The second kappa shape index (κ2) is 10.8. The van der Waals surface area contributed by atoms with Gasteiger partial charge >= 0.3 is 21.8 Å². The fraction of sp³-hybridized carbons (Fsp3) is 0. The van der Waals surface area contributed by atoms with Crippen molar-refractivity contribution in [2.75, 3.05) is 0 Å². The second-order valence-electron chi connectivity index (χ2n) is 0.959. The Labute approximate surface area is 71.1 Å². The number of thiol groups is 1. The molecule has 1 heterocycles. The molecular formula is C5H5NOSZn-2. The Hall–Kier alpha value is -0.0766. The van der Waals surface area contributed by atoms with E-state index in [0.29, 0.717) is 0 Å². The van der Waals surface area contributed by atoms with Gasteiger partial charge in [-0.25, -0.2) is 0 Å².